The van der Waals surface area contributed by atoms with Crippen molar-refractivity contribution in [3.8, 4) is 0 Å². The van der Waals surface area contributed by atoms with Gasteiger partial charge in [-0.1, -0.05) is 109 Å². The van der Waals surface area contributed by atoms with Crippen LogP contribution in [0.3, 0.4) is 0 Å². The van der Waals surface area contributed by atoms with E-state index in [1.165, 1.54) is 0 Å². The van der Waals surface area contributed by atoms with Crippen molar-refractivity contribution in [3.63, 3.8) is 0 Å². The summed E-state index contributed by atoms with van der Waals surface area (Å²) in [4.78, 5) is 55.2. The molecule has 0 aliphatic rings. The van der Waals surface area contributed by atoms with Crippen molar-refractivity contribution in [2.75, 3.05) is 0 Å². The number of carbonyl (C=O) groups excluding carboxylic acids is 4. The Morgan fingerprint density at radius 2 is 0.784 bits per heavy atom. The minimum Gasteiger partial charge on any atom is -0.293 e. The fourth-order valence-electron chi connectivity index (χ4n) is 4.58. The van der Waals surface area contributed by atoms with Crippen LogP contribution in [0, 0.1) is 25.7 Å². The summed E-state index contributed by atoms with van der Waals surface area (Å²) >= 11 is 0. The highest BCUT2D eigenvalue weighted by atomic mass is 16.2. The molecule has 37 heavy (non-hydrogen) atoms. The van der Waals surface area contributed by atoms with Crippen molar-refractivity contribution in [1.29, 1.82) is 0 Å². The first kappa shape index (κ1) is 25.6. The van der Waals surface area contributed by atoms with Crippen molar-refractivity contribution in [1.82, 2.24) is 0 Å². The van der Waals surface area contributed by atoms with E-state index in [4.69, 9.17) is 0 Å². The molecule has 0 saturated carbocycles. The Morgan fingerprint density at radius 3 is 1.14 bits per heavy atom. The monoisotopic (exact) mass is 488 g/mol. The Balaban J connectivity index is 1.81. The van der Waals surface area contributed by atoms with Crippen LogP contribution in [0.15, 0.2) is 109 Å². The van der Waals surface area contributed by atoms with E-state index in [0.29, 0.717) is 22.3 Å². The third-order valence-corrected chi connectivity index (χ3v) is 6.68. The Bertz CT molecular complexity index is 1330. The molecule has 0 N–H and O–H groups in total. The van der Waals surface area contributed by atoms with Gasteiger partial charge in [-0.25, -0.2) is 0 Å². The molecule has 0 heterocycles. The molecular formula is C33H28O4. The smallest absolute Gasteiger partial charge is 0.173 e. The highest BCUT2D eigenvalue weighted by molar-refractivity contribution is 6.20. The Kier molecular flexibility index (Phi) is 7.99. The van der Waals surface area contributed by atoms with Crippen LogP contribution in [0.25, 0.3) is 0 Å². The fourth-order valence-corrected chi connectivity index (χ4v) is 4.58. The van der Waals surface area contributed by atoms with Crippen LogP contribution in [0.5, 0.6) is 0 Å². The minimum atomic E-state index is -1.20. The number of aryl methyl sites for hydroxylation is 2. The normalized spacial score (nSPS) is 12.4. The summed E-state index contributed by atoms with van der Waals surface area (Å²) in [5.41, 5.74) is 3.01. The molecule has 0 saturated heterocycles. The van der Waals surface area contributed by atoms with Gasteiger partial charge in [-0.3, -0.25) is 19.2 Å². The zero-order chi connectivity index (χ0) is 26.4. The Labute approximate surface area is 217 Å². The molecule has 0 amide bonds. The van der Waals surface area contributed by atoms with Gasteiger partial charge in [0.15, 0.2) is 23.1 Å². The lowest BCUT2D eigenvalue weighted by atomic mass is 9.77. The van der Waals surface area contributed by atoms with E-state index in [9.17, 15) is 19.2 Å². The van der Waals surface area contributed by atoms with Crippen molar-refractivity contribution < 1.29 is 19.2 Å². The van der Waals surface area contributed by atoms with Gasteiger partial charge in [0.25, 0.3) is 0 Å². The molecule has 4 rings (SSSR count). The van der Waals surface area contributed by atoms with Crippen molar-refractivity contribution in [2.24, 2.45) is 11.8 Å². The summed E-state index contributed by atoms with van der Waals surface area (Å²) in [5, 5.41) is 0. The first-order valence-electron chi connectivity index (χ1n) is 12.3. The first-order valence-corrected chi connectivity index (χ1v) is 12.3. The molecule has 2 atom stereocenters. The molecule has 4 aromatic carbocycles. The highest BCUT2D eigenvalue weighted by Crippen LogP contribution is 2.29. The molecule has 4 nitrogen and oxygen atoms in total. The molecule has 2 unspecified atom stereocenters. The van der Waals surface area contributed by atoms with E-state index >= 15 is 0 Å². The van der Waals surface area contributed by atoms with Crippen LogP contribution in [-0.2, 0) is 0 Å². The SMILES string of the molecule is Cc1ccccc1C(=O)C(CC(C(=O)c1ccccc1)C(=O)c1ccccc1C)C(=O)c1ccccc1. The van der Waals surface area contributed by atoms with E-state index in [0.717, 1.165) is 11.1 Å². The van der Waals surface area contributed by atoms with Crippen LogP contribution in [0.4, 0.5) is 0 Å². The number of hydrogen-bond donors (Lipinski definition) is 0. The molecule has 0 aromatic heterocycles. The van der Waals surface area contributed by atoms with Crippen LogP contribution < -0.4 is 0 Å². The molecule has 0 aliphatic heterocycles. The largest absolute Gasteiger partial charge is 0.293 e. The van der Waals surface area contributed by atoms with Gasteiger partial charge < -0.3 is 0 Å². The van der Waals surface area contributed by atoms with Gasteiger partial charge in [0.2, 0.25) is 0 Å². The topological polar surface area (TPSA) is 68.3 Å². The molecule has 4 heteroatoms. The van der Waals surface area contributed by atoms with Gasteiger partial charge in [0.1, 0.15) is 0 Å². The van der Waals surface area contributed by atoms with Gasteiger partial charge in [0.05, 0.1) is 11.8 Å². The second kappa shape index (κ2) is 11.5. The molecule has 0 spiro atoms. The Morgan fingerprint density at radius 1 is 0.459 bits per heavy atom. The zero-order valence-electron chi connectivity index (χ0n) is 20.9. The molecule has 0 bridgehead atoms. The maximum Gasteiger partial charge on any atom is 0.173 e. The maximum atomic E-state index is 13.9. The molecule has 184 valence electrons. The highest BCUT2D eigenvalue weighted by Gasteiger charge is 2.38. The quantitative estimate of drug-likeness (QED) is 0.183. The van der Waals surface area contributed by atoms with Gasteiger partial charge >= 0.3 is 0 Å². The number of Topliss-reactive ketones (excluding diaryl/α,β-unsaturated/α-hetero) is 4. The number of ketones is 4. The average molecular weight is 489 g/mol. The molecule has 4 aromatic rings. The Hall–Kier alpha value is -4.44. The summed E-state index contributed by atoms with van der Waals surface area (Å²) in [6, 6.07) is 31.2. The van der Waals surface area contributed by atoms with Crippen LogP contribution >= 0.6 is 0 Å². The lowest BCUT2D eigenvalue weighted by molar-refractivity contribution is 0.0728. The van der Waals surface area contributed by atoms with Gasteiger partial charge in [-0.15, -0.1) is 0 Å². The predicted molar refractivity (Wildman–Crippen MR) is 144 cm³/mol. The number of rotatable bonds is 10. The van der Waals surface area contributed by atoms with E-state index in [2.05, 4.69) is 0 Å². The first-order chi connectivity index (χ1) is 17.9. The molecule has 0 radical (unpaired) electrons. The minimum absolute atomic E-state index is 0.220. The summed E-state index contributed by atoms with van der Waals surface area (Å²) in [6.45, 7) is 3.62. The zero-order valence-corrected chi connectivity index (χ0v) is 20.9. The van der Waals surface area contributed by atoms with Crippen molar-refractivity contribution in [3.05, 3.63) is 143 Å². The standard InChI is InChI=1S/C33H28O4/c1-22-13-9-11-19-26(22)32(36)28(30(34)24-15-5-3-6-16-24)21-29(31(35)25-17-7-4-8-18-25)33(37)27-20-12-10-14-23(27)2/h3-20,28-29H,21H2,1-2H3. The number of carbonyl (C=O) groups is 4. The van der Waals surface area contributed by atoms with E-state index < -0.39 is 35.0 Å². The summed E-state index contributed by atoms with van der Waals surface area (Å²) < 4.78 is 0. The van der Waals surface area contributed by atoms with Crippen LogP contribution in [0.2, 0.25) is 0 Å². The second-order valence-corrected chi connectivity index (χ2v) is 9.16. The number of hydrogen-bond acceptors (Lipinski definition) is 4. The van der Waals surface area contributed by atoms with Gasteiger partial charge in [-0.2, -0.15) is 0 Å². The predicted octanol–water partition coefficient (Wildman–Crippen LogP) is 6.76. The molecular weight excluding hydrogens is 460 g/mol. The summed E-state index contributed by atoms with van der Waals surface area (Å²) in [6.07, 6.45) is -0.220. The van der Waals surface area contributed by atoms with Crippen molar-refractivity contribution in [2.45, 2.75) is 20.3 Å². The summed E-state index contributed by atoms with van der Waals surface area (Å²) in [7, 11) is 0. The van der Waals surface area contributed by atoms with Crippen LogP contribution in [0.1, 0.15) is 59.0 Å². The molecule has 0 fully saturated rings. The number of benzene rings is 4. The van der Waals surface area contributed by atoms with Crippen LogP contribution in [-0.4, -0.2) is 23.1 Å². The third-order valence-electron chi connectivity index (χ3n) is 6.68. The van der Waals surface area contributed by atoms with Crippen molar-refractivity contribution >= 4 is 23.1 Å². The second-order valence-electron chi connectivity index (χ2n) is 9.16. The van der Waals surface area contributed by atoms with E-state index in [1.807, 2.05) is 38.1 Å². The maximum absolute atomic E-state index is 13.9. The average Bonchev–Trinajstić information content (AvgIpc) is 2.94. The van der Waals surface area contributed by atoms with Gasteiger partial charge in [0, 0.05) is 22.3 Å². The third kappa shape index (κ3) is 5.70. The lowest BCUT2D eigenvalue weighted by Crippen LogP contribution is -2.34. The summed E-state index contributed by atoms with van der Waals surface area (Å²) in [5.74, 6) is -4.00. The lowest BCUT2D eigenvalue weighted by Gasteiger charge is -2.22. The van der Waals surface area contributed by atoms with E-state index in [-0.39, 0.29) is 6.42 Å². The molecule has 0 aliphatic carbocycles. The van der Waals surface area contributed by atoms with Gasteiger partial charge in [-0.05, 0) is 31.4 Å². The van der Waals surface area contributed by atoms with E-state index in [1.54, 1.807) is 84.9 Å². The fraction of sp³-hybridized carbons (Fsp3) is 0.152.